The summed E-state index contributed by atoms with van der Waals surface area (Å²) in [6.45, 7) is 0.990. The Hall–Kier alpha value is -1.55. The molecule has 0 spiro atoms. The molecule has 1 atom stereocenters. The second-order valence-corrected chi connectivity index (χ2v) is 5.07. The Labute approximate surface area is 113 Å². The molecule has 1 fully saturated rings. The molecule has 0 saturated heterocycles. The summed E-state index contributed by atoms with van der Waals surface area (Å²) in [5.41, 5.74) is 0.989. The summed E-state index contributed by atoms with van der Waals surface area (Å²) in [4.78, 5) is 11.2. The van der Waals surface area contributed by atoms with Gasteiger partial charge in [-0.25, -0.2) is 0 Å². The standard InChI is InChI=1S/C15H20O4/c1-18-14-6-4-11(5-7-14)8-13(15(16)17)10-19-9-12-2-3-12/h4-7,12-13H,2-3,8-10H2,1H3,(H,16,17). The summed E-state index contributed by atoms with van der Waals surface area (Å²) in [7, 11) is 1.61. The first kappa shape index (κ1) is 13.9. The number of methoxy groups -OCH3 is 1. The molecule has 19 heavy (non-hydrogen) atoms. The number of rotatable bonds is 8. The molecule has 0 aliphatic heterocycles. The lowest BCUT2D eigenvalue weighted by molar-refractivity contribution is -0.143. The van der Waals surface area contributed by atoms with Crippen LogP contribution in [-0.4, -0.2) is 31.4 Å². The molecular formula is C15H20O4. The number of ether oxygens (including phenoxy) is 2. The predicted octanol–water partition coefficient (Wildman–Crippen LogP) is 2.37. The zero-order valence-electron chi connectivity index (χ0n) is 11.2. The van der Waals surface area contributed by atoms with E-state index >= 15 is 0 Å². The van der Waals surface area contributed by atoms with E-state index < -0.39 is 11.9 Å². The molecule has 2 rings (SSSR count). The van der Waals surface area contributed by atoms with Gasteiger partial charge < -0.3 is 14.6 Å². The van der Waals surface area contributed by atoms with Crippen LogP contribution >= 0.6 is 0 Å². The van der Waals surface area contributed by atoms with Gasteiger partial charge in [0.15, 0.2) is 0 Å². The zero-order valence-corrected chi connectivity index (χ0v) is 11.2. The minimum Gasteiger partial charge on any atom is -0.497 e. The summed E-state index contributed by atoms with van der Waals surface area (Å²) < 4.78 is 10.6. The van der Waals surface area contributed by atoms with E-state index in [0.29, 0.717) is 18.9 Å². The van der Waals surface area contributed by atoms with Gasteiger partial charge in [-0.05, 0) is 42.9 Å². The van der Waals surface area contributed by atoms with Gasteiger partial charge in [-0.3, -0.25) is 4.79 Å². The topological polar surface area (TPSA) is 55.8 Å². The average molecular weight is 264 g/mol. The number of carboxylic acid groups (broad SMARTS) is 1. The van der Waals surface area contributed by atoms with Crippen molar-refractivity contribution in [3.05, 3.63) is 29.8 Å². The van der Waals surface area contributed by atoms with Crippen molar-refractivity contribution in [3.8, 4) is 5.75 Å². The van der Waals surface area contributed by atoms with Crippen molar-refractivity contribution in [2.75, 3.05) is 20.3 Å². The van der Waals surface area contributed by atoms with Crippen LogP contribution in [0.3, 0.4) is 0 Å². The van der Waals surface area contributed by atoms with E-state index in [9.17, 15) is 9.90 Å². The molecular weight excluding hydrogens is 244 g/mol. The van der Waals surface area contributed by atoms with Gasteiger partial charge in [0.25, 0.3) is 0 Å². The van der Waals surface area contributed by atoms with E-state index in [2.05, 4.69) is 0 Å². The Kier molecular flexibility index (Phi) is 4.80. The monoisotopic (exact) mass is 264 g/mol. The number of carboxylic acids is 1. The van der Waals surface area contributed by atoms with Crippen LogP contribution in [0.15, 0.2) is 24.3 Å². The molecule has 4 nitrogen and oxygen atoms in total. The maximum Gasteiger partial charge on any atom is 0.309 e. The molecule has 0 amide bonds. The molecule has 0 heterocycles. The van der Waals surface area contributed by atoms with Crippen LogP contribution in [0, 0.1) is 11.8 Å². The van der Waals surface area contributed by atoms with Gasteiger partial charge in [-0.2, -0.15) is 0 Å². The highest BCUT2D eigenvalue weighted by Crippen LogP contribution is 2.29. The molecule has 1 aromatic carbocycles. The number of carbonyl (C=O) groups is 1. The SMILES string of the molecule is COc1ccc(CC(COCC2CC2)C(=O)O)cc1. The van der Waals surface area contributed by atoms with Crippen LogP contribution in [0.25, 0.3) is 0 Å². The van der Waals surface area contributed by atoms with E-state index in [1.165, 1.54) is 12.8 Å². The smallest absolute Gasteiger partial charge is 0.309 e. The van der Waals surface area contributed by atoms with Crippen molar-refractivity contribution < 1.29 is 19.4 Å². The molecule has 4 heteroatoms. The predicted molar refractivity (Wildman–Crippen MR) is 71.4 cm³/mol. The van der Waals surface area contributed by atoms with Gasteiger partial charge in [0.1, 0.15) is 5.75 Å². The highest BCUT2D eigenvalue weighted by molar-refractivity contribution is 5.70. The third kappa shape index (κ3) is 4.56. The van der Waals surface area contributed by atoms with E-state index in [4.69, 9.17) is 9.47 Å². The van der Waals surface area contributed by atoms with Crippen molar-refractivity contribution in [1.29, 1.82) is 0 Å². The minimum absolute atomic E-state index is 0.290. The summed E-state index contributed by atoms with van der Waals surface area (Å²) in [5.74, 6) is 0.162. The van der Waals surface area contributed by atoms with Crippen molar-refractivity contribution >= 4 is 5.97 Å². The van der Waals surface area contributed by atoms with E-state index in [1.807, 2.05) is 24.3 Å². The molecule has 1 aromatic rings. The lowest BCUT2D eigenvalue weighted by atomic mass is 10.0. The molecule has 1 N–H and O–H groups in total. The normalized spacial score (nSPS) is 16.1. The van der Waals surface area contributed by atoms with Crippen LogP contribution in [0.1, 0.15) is 18.4 Å². The number of aliphatic carboxylic acids is 1. The van der Waals surface area contributed by atoms with E-state index in [0.717, 1.165) is 11.3 Å². The van der Waals surface area contributed by atoms with Crippen LogP contribution in [0.2, 0.25) is 0 Å². The molecule has 1 aliphatic rings. The molecule has 1 aliphatic carbocycles. The van der Waals surface area contributed by atoms with Crippen LogP contribution in [0.4, 0.5) is 0 Å². The Morgan fingerprint density at radius 3 is 2.58 bits per heavy atom. The number of hydrogen-bond acceptors (Lipinski definition) is 3. The third-order valence-electron chi connectivity index (χ3n) is 3.36. The van der Waals surface area contributed by atoms with Crippen LogP contribution in [0.5, 0.6) is 5.75 Å². The molecule has 104 valence electrons. The van der Waals surface area contributed by atoms with E-state index in [-0.39, 0.29) is 6.61 Å². The average Bonchev–Trinajstić information content (AvgIpc) is 3.22. The van der Waals surface area contributed by atoms with Gasteiger partial charge in [0.2, 0.25) is 0 Å². The lowest BCUT2D eigenvalue weighted by Gasteiger charge is -2.13. The number of benzene rings is 1. The van der Waals surface area contributed by atoms with Crippen molar-refractivity contribution in [2.45, 2.75) is 19.3 Å². The van der Waals surface area contributed by atoms with Crippen LogP contribution in [-0.2, 0) is 16.0 Å². The minimum atomic E-state index is -0.799. The molecule has 0 aromatic heterocycles. The molecule has 1 unspecified atom stereocenters. The van der Waals surface area contributed by atoms with Gasteiger partial charge >= 0.3 is 5.97 Å². The third-order valence-corrected chi connectivity index (χ3v) is 3.36. The highest BCUT2D eigenvalue weighted by atomic mass is 16.5. The van der Waals surface area contributed by atoms with E-state index in [1.54, 1.807) is 7.11 Å². The lowest BCUT2D eigenvalue weighted by Crippen LogP contribution is -2.22. The fourth-order valence-electron chi connectivity index (χ4n) is 1.93. The maximum atomic E-state index is 11.2. The van der Waals surface area contributed by atoms with Gasteiger partial charge in [-0.1, -0.05) is 12.1 Å². The fourth-order valence-corrected chi connectivity index (χ4v) is 1.93. The first-order chi connectivity index (χ1) is 9.19. The Bertz CT molecular complexity index is 409. The van der Waals surface area contributed by atoms with Crippen molar-refractivity contribution in [2.24, 2.45) is 11.8 Å². The van der Waals surface area contributed by atoms with Crippen molar-refractivity contribution in [1.82, 2.24) is 0 Å². The second-order valence-electron chi connectivity index (χ2n) is 5.07. The summed E-state index contributed by atoms with van der Waals surface area (Å²) in [6, 6.07) is 7.49. The first-order valence-electron chi connectivity index (χ1n) is 6.62. The van der Waals surface area contributed by atoms with Gasteiger partial charge in [0.05, 0.1) is 19.6 Å². The summed E-state index contributed by atoms with van der Waals surface area (Å²) in [5, 5.41) is 9.21. The number of hydrogen-bond donors (Lipinski definition) is 1. The molecule has 0 bridgehead atoms. The first-order valence-corrected chi connectivity index (χ1v) is 6.62. The molecule has 1 saturated carbocycles. The fraction of sp³-hybridized carbons (Fsp3) is 0.533. The summed E-state index contributed by atoms with van der Waals surface area (Å²) >= 11 is 0. The Balaban J connectivity index is 1.84. The summed E-state index contributed by atoms with van der Waals surface area (Å²) in [6.07, 6.45) is 2.93. The molecule has 0 radical (unpaired) electrons. The van der Waals surface area contributed by atoms with Crippen molar-refractivity contribution in [3.63, 3.8) is 0 Å². The Morgan fingerprint density at radius 2 is 2.05 bits per heavy atom. The second kappa shape index (κ2) is 6.57. The largest absolute Gasteiger partial charge is 0.497 e. The highest BCUT2D eigenvalue weighted by Gasteiger charge is 2.23. The Morgan fingerprint density at radius 1 is 1.37 bits per heavy atom. The van der Waals surface area contributed by atoms with Crippen LogP contribution < -0.4 is 4.74 Å². The van der Waals surface area contributed by atoms with Gasteiger partial charge in [0, 0.05) is 6.61 Å². The maximum absolute atomic E-state index is 11.2. The quantitative estimate of drug-likeness (QED) is 0.783. The zero-order chi connectivity index (χ0) is 13.7. The van der Waals surface area contributed by atoms with Gasteiger partial charge in [-0.15, -0.1) is 0 Å².